The lowest BCUT2D eigenvalue weighted by molar-refractivity contribution is 0.130. The fourth-order valence-electron chi connectivity index (χ4n) is 1.70. The van der Waals surface area contributed by atoms with Gasteiger partial charge >= 0.3 is 0 Å². The van der Waals surface area contributed by atoms with Gasteiger partial charge in [0.1, 0.15) is 0 Å². The van der Waals surface area contributed by atoms with Crippen LogP contribution in [-0.2, 0) is 20.5 Å². The van der Waals surface area contributed by atoms with E-state index in [-0.39, 0.29) is 5.75 Å². The van der Waals surface area contributed by atoms with Gasteiger partial charge < -0.3 is 4.74 Å². The monoisotopic (exact) mass is 310 g/mol. The molecule has 0 heterocycles. The number of ether oxygens (including phenoxy) is 1. The normalized spacial score (nSPS) is 11.2. The fourth-order valence-corrected chi connectivity index (χ4v) is 2.89. The third kappa shape index (κ3) is 7.81. The lowest BCUT2D eigenvalue weighted by atomic mass is 10.2. The second kappa shape index (κ2) is 9.50. The molecule has 1 aromatic rings. The van der Waals surface area contributed by atoms with Gasteiger partial charge in [0, 0.05) is 19.8 Å². The zero-order valence-corrected chi connectivity index (χ0v) is 13.2. The first-order chi connectivity index (χ1) is 10.1. The molecule has 1 rings (SSSR count). The Balaban J connectivity index is 2.28. The highest BCUT2D eigenvalue weighted by Crippen LogP contribution is 2.07. The molecule has 1 N–H and O–H groups in total. The Morgan fingerprint density at radius 1 is 1.19 bits per heavy atom. The third-order valence-corrected chi connectivity index (χ3v) is 4.23. The van der Waals surface area contributed by atoms with Crippen LogP contribution in [0.25, 0.3) is 0 Å². The van der Waals surface area contributed by atoms with Crippen molar-refractivity contribution in [2.24, 2.45) is 0 Å². The maximum absolute atomic E-state index is 11.9. The molecule has 0 spiro atoms. The molecule has 0 saturated heterocycles. The Hall–Kier alpha value is -1.42. The highest BCUT2D eigenvalue weighted by molar-refractivity contribution is 7.88. The summed E-state index contributed by atoms with van der Waals surface area (Å²) in [5, 5.41) is 8.69. The van der Waals surface area contributed by atoms with E-state index in [0.29, 0.717) is 30.7 Å². The van der Waals surface area contributed by atoms with Crippen LogP contribution >= 0.6 is 0 Å². The molecule has 0 aromatic heterocycles. The quantitative estimate of drug-likeness (QED) is 0.672. The Morgan fingerprint density at radius 2 is 1.86 bits per heavy atom. The van der Waals surface area contributed by atoms with Crippen LogP contribution in [0.1, 0.15) is 37.3 Å². The molecule has 6 heteroatoms. The van der Waals surface area contributed by atoms with Crippen LogP contribution in [0.5, 0.6) is 0 Å². The molecule has 116 valence electrons. The van der Waals surface area contributed by atoms with Crippen molar-refractivity contribution in [2.45, 2.75) is 31.9 Å². The van der Waals surface area contributed by atoms with Gasteiger partial charge in [0.15, 0.2) is 0 Å². The molecule has 0 aliphatic heterocycles. The van der Waals surface area contributed by atoms with Crippen molar-refractivity contribution in [3.05, 3.63) is 35.4 Å². The molecule has 1 aromatic carbocycles. The summed E-state index contributed by atoms with van der Waals surface area (Å²) < 4.78 is 31.7. The van der Waals surface area contributed by atoms with Crippen molar-refractivity contribution >= 4 is 10.0 Å². The number of unbranched alkanes of at least 4 members (excludes halogenated alkanes) is 1. The molecular weight excluding hydrogens is 288 g/mol. The minimum absolute atomic E-state index is 0.0740. The number of nitrogens with one attached hydrogen (secondary N) is 1. The average molecular weight is 310 g/mol. The summed E-state index contributed by atoms with van der Waals surface area (Å²) in [4.78, 5) is 0. The van der Waals surface area contributed by atoms with Crippen molar-refractivity contribution in [3.63, 3.8) is 0 Å². The highest BCUT2D eigenvalue weighted by atomic mass is 32.2. The van der Waals surface area contributed by atoms with Crippen LogP contribution < -0.4 is 4.72 Å². The van der Waals surface area contributed by atoms with Gasteiger partial charge in [-0.15, -0.1) is 0 Å². The number of benzene rings is 1. The van der Waals surface area contributed by atoms with Gasteiger partial charge in [-0.2, -0.15) is 5.26 Å². The van der Waals surface area contributed by atoms with E-state index in [9.17, 15) is 8.42 Å². The summed E-state index contributed by atoms with van der Waals surface area (Å²) >= 11 is 0. The summed E-state index contributed by atoms with van der Waals surface area (Å²) in [7, 11) is -3.34. The van der Waals surface area contributed by atoms with Crippen molar-refractivity contribution < 1.29 is 13.2 Å². The van der Waals surface area contributed by atoms with Crippen molar-refractivity contribution in [1.82, 2.24) is 4.72 Å². The number of rotatable bonds is 10. The van der Waals surface area contributed by atoms with Gasteiger partial charge in [0.05, 0.1) is 17.4 Å². The maximum Gasteiger partial charge on any atom is 0.215 e. The molecule has 0 bridgehead atoms. The van der Waals surface area contributed by atoms with Gasteiger partial charge in [0.25, 0.3) is 0 Å². The summed E-state index contributed by atoms with van der Waals surface area (Å²) in [6.45, 7) is 3.78. The smallest absolute Gasteiger partial charge is 0.215 e. The number of hydrogen-bond donors (Lipinski definition) is 1. The van der Waals surface area contributed by atoms with E-state index in [1.54, 1.807) is 24.3 Å². The van der Waals surface area contributed by atoms with E-state index in [2.05, 4.69) is 11.6 Å². The third-order valence-electron chi connectivity index (χ3n) is 2.87. The first kappa shape index (κ1) is 17.6. The molecule has 5 nitrogen and oxygen atoms in total. The standard InChI is InChI=1S/C15H22N2O3S/c1-2-3-10-20-11-4-9-17-21(18,19)13-15-7-5-14(12-16)6-8-15/h5-8,17H,2-4,9-11,13H2,1H3. The second-order valence-corrected chi connectivity index (χ2v) is 6.59. The molecule has 0 aliphatic rings. The van der Waals surface area contributed by atoms with Crippen LogP contribution in [-0.4, -0.2) is 28.2 Å². The lowest BCUT2D eigenvalue weighted by Gasteiger charge is -2.07. The number of nitriles is 1. The van der Waals surface area contributed by atoms with E-state index in [1.807, 2.05) is 6.07 Å². The predicted octanol–water partition coefficient (Wildman–Crippen LogP) is 2.18. The van der Waals surface area contributed by atoms with E-state index in [0.717, 1.165) is 19.4 Å². The molecular formula is C15H22N2O3S. The predicted molar refractivity (Wildman–Crippen MR) is 82.1 cm³/mol. The van der Waals surface area contributed by atoms with Gasteiger partial charge in [-0.25, -0.2) is 13.1 Å². The molecule has 0 amide bonds. The minimum atomic E-state index is -3.34. The fraction of sp³-hybridized carbons (Fsp3) is 0.533. The molecule has 0 radical (unpaired) electrons. The Bertz CT molecular complexity index is 547. The minimum Gasteiger partial charge on any atom is -0.381 e. The van der Waals surface area contributed by atoms with Crippen LogP contribution in [0, 0.1) is 11.3 Å². The van der Waals surface area contributed by atoms with Crippen LogP contribution in [0.3, 0.4) is 0 Å². The Labute approximate surface area is 127 Å². The molecule has 0 fully saturated rings. The largest absolute Gasteiger partial charge is 0.381 e. The van der Waals surface area contributed by atoms with Gasteiger partial charge in [-0.1, -0.05) is 25.5 Å². The van der Waals surface area contributed by atoms with E-state index >= 15 is 0 Å². The Kier molecular flexibility index (Phi) is 7.98. The Morgan fingerprint density at radius 3 is 2.48 bits per heavy atom. The van der Waals surface area contributed by atoms with Gasteiger partial charge in [0.2, 0.25) is 10.0 Å². The van der Waals surface area contributed by atoms with E-state index in [4.69, 9.17) is 10.00 Å². The summed E-state index contributed by atoms with van der Waals surface area (Å²) in [5.41, 5.74) is 1.19. The number of sulfonamides is 1. The van der Waals surface area contributed by atoms with Crippen molar-refractivity contribution in [1.29, 1.82) is 5.26 Å². The van der Waals surface area contributed by atoms with Gasteiger partial charge in [-0.3, -0.25) is 0 Å². The van der Waals surface area contributed by atoms with Crippen molar-refractivity contribution in [2.75, 3.05) is 19.8 Å². The lowest BCUT2D eigenvalue weighted by Crippen LogP contribution is -2.26. The number of nitrogens with zero attached hydrogens (tertiary/aromatic N) is 1. The van der Waals surface area contributed by atoms with Gasteiger partial charge in [-0.05, 0) is 30.5 Å². The summed E-state index contributed by atoms with van der Waals surface area (Å²) in [5.74, 6) is -0.0740. The number of hydrogen-bond acceptors (Lipinski definition) is 4. The van der Waals surface area contributed by atoms with Crippen LogP contribution in [0.4, 0.5) is 0 Å². The first-order valence-electron chi connectivity index (χ1n) is 7.11. The van der Waals surface area contributed by atoms with Crippen LogP contribution in [0.2, 0.25) is 0 Å². The second-order valence-electron chi connectivity index (χ2n) is 4.78. The summed E-state index contributed by atoms with van der Waals surface area (Å²) in [6, 6.07) is 8.55. The molecule has 0 aliphatic carbocycles. The molecule has 21 heavy (non-hydrogen) atoms. The average Bonchev–Trinajstić information content (AvgIpc) is 2.46. The zero-order valence-electron chi connectivity index (χ0n) is 12.3. The zero-order chi connectivity index (χ0) is 15.6. The SMILES string of the molecule is CCCCOCCCNS(=O)(=O)Cc1ccc(C#N)cc1. The molecule has 0 unspecified atom stereocenters. The summed E-state index contributed by atoms with van der Waals surface area (Å²) in [6.07, 6.45) is 2.79. The highest BCUT2D eigenvalue weighted by Gasteiger charge is 2.10. The maximum atomic E-state index is 11.9. The van der Waals surface area contributed by atoms with E-state index in [1.165, 1.54) is 0 Å². The van der Waals surface area contributed by atoms with Crippen molar-refractivity contribution in [3.8, 4) is 6.07 Å². The first-order valence-corrected chi connectivity index (χ1v) is 8.76. The topological polar surface area (TPSA) is 79.2 Å². The van der Waals surface area contributed by atoms with Crippen LogP contribution in [0.15, 0.2) is 24.3 Å². The molecule has 0 saturated carbocycles. The molecule has 0 atom stereocenters. The van der Waals surface area contributed by atoms with E-state index < -0.39 is 10.0 Å².